The Morgan fingerprint density at radius 3 is 3.07 bits per heavy atom. The van der Waals surface area contributed by atoms with Gasteiger partial charge in [0.25, 0.3) is 0 Å². The summed E-state index contributed by atoms with van der Waals surface area (Å²) in [6.07, 6.45) is 3.95. The average Bonchev–Trinajstić information content (AvgIpc) is 2.61. The molecule has 0 fully saturated rings. The fourth-order valence-electron chi connectivity index (χ4n) is 1.58. The van der Waals surface area contributed by atoms with Crippen LogP contribution in [-0.2, 0) is 11.2 Å². The van der Waals surface area contributed by atoms with Crippen LogP contribution in [0.4, 0.5) is 0 Å². The molecule has 4 heteroatoms. The third-order valence-corrected chi connectivity index (χ3v) is 2.24. The maximum Gasteiger partial charge on any atom is 0.144 e. The van der Waals surface area contributed by atoms with Crippen LogP contribution in [0.3, 0.4) is 0 Å². The maximum atomic E-state index is 11.0. The molecule has 0 aliphatic rings. The molecular formula is C11H12N2O2. The summed E-state index contributed by atoms with van der Waals surface area (Å²) in [6.45, 7) is 1.56. The second-order valence-corrected chi connectivity index (χ2v) is 3.39. The summed E-state index contributed by atoms with van der Waals surface area (Å²) >= 11 is 0. The molecule has 0 unspecified atom stereocenters. The van der Waals surface area contributed by atoms with E-state index in [1.807, 2.05) is 22.7 Å². The van der Waals surface area contributed by atoms with Crippen molar-refractivity contribution in [2.24, 2.45) is 0 Å². The molecule has 2 aromatic heterocycles. The van der Waals surface area contributed by atoms with Crippen molar-refractivity contribution in [2.45, 2.75) is 13.3 Å². The normalized spacial score (nSPS) is 10.5. The number of carbonyl (C=O) groups excluding carboxylic acids is 1. The Kier molecular flexibility index (Phi) is 2.41. The molecule has 0 atom stereocenters. The minimum atomic E-state index is 0.102. The van der Waals surface area contributed by atoms with Crippen LogP contribution in [0.15, 0.2) is 24.5 Å². The van der Waals surface area contributed by atoms with Crippen molar-refractivity contribution >= 4 is 11.3 Å². The van der Waals surface area contributed by atoms with Crippen molar-refractivity contribution in [3.8, 4) is 5.75 Å². The van der Waals surface area contributed by atoms with E-state index in [0.717, 1.165) is 17.1 Å². The largest absolute Gasteiger partial charge is 0.494 e. The quantitative estimate of drug-likeness (QED) is 0.760. The molecule has 0 saturated carbocycles. The van der Waals surface area contributed by atoms with E-state index in [4.69, 9.17) is 4.74 Å². The minimum absolute atomic E-state index is 0.102. The molecule has 0 amide bonds. The van der Waals surface area contributed by atoms with E-state index in [1.165, 1.54) is 0 Å². The number of ketones is 1. The molecule has 0 aliphatic carbocycles. The first-order valence-corrected chi connectivity index (χ1v) is 4.70. The Bertz CT molecular complexity index is 502. The van der Waals surface area contributed by atoms with Gasteiger partial charge in [-0.3, -0.25) is 4.79 Å². The van der Waals surface area contributed by atoms with Crippen LogP contribution in [0.25, 0.3) is 5.52 Å². The van der Waals surface area contributed by atoms with Gasteiger partial charge in [0.2, 0.25) is 0 Å². The summed E-state index contributed by atoms with van der Waals surface area (Å²) in [7, 11) is 1.62. The molecule has 0 aromatic carbocycles. The number of rotatable bonds is 3. The third kappa shape index (κ3) is 1.70. The van der Waals surface area contributed by atoms with E-state index >= 15 is 0 Å². The highest BCUT2D eigenvalue weighted by Crippen LogP contribution is 2.19. The molecule has 15 heavy (non-hydrogen) atoms. The van der Waals surface area contributed by atoms with Crippen LogP contribution in [0.5, 0.6) is 5.75 Å². The number of imidazole rings is 1. The van der Waals surface area contributed by atoms with Crippen molar-refractivity contribution in [1.29, 1.82) is 0 Å². The molecule has 0 aliphatic heterocycles. The molecule has 0 N–H and O–H groups in total. The summed E-state index contributed by atoms with van der Waals surface area (Å²) in [5.74, 6) is 1.61. The van der Waals surface area contributed by atoms with Gasteiger partial charge in [-0.05, 0) is 19.1 Å². The van der Waals surface area contributed by atoms with Gasteiger partial charge in [-0.1, -0.05) is 0 Å². The zero-order valence-electron chi connectivity index (χ0n) is 8.73. The van der Waals surface area contributed by atoms with E-state index in [1.54, 1.807) is 20.2 Å². The number of aromatic nitrogens is 2. The number of fused-ring (bicyclic) bond motifs is 1. The van der Waals surface area contributed by atoms with Gasteiger partial charge in [0.1, 0.15) is 22.9 Å². The van der Waals surface area contributed by atoms with Crippen molar-refractivity contribution < 1.29 is 9.53 Å². The summed E-state index contributed by atoms with van der Waals surface area (Å²) in [5, 5.41) is 0. The lowest BCUT2D eigenvalue weighted by Gasteiger charge is -2.03. The highest BCUT2D eigenvalue weighted by atomic mass is 16.5. The van der Waals surface area contributed by atoms with Crippen LogP contribution < -0.4 is 4.74 Å². The highest BCUT2D eigenvalue weighted by Gasteiger charge is 2.08. The SMILES string of the molecule is COc1cccn2c(CC(C)=O)ncc12. The smallest absolute Gasteiger partial charge is 0.144 e. The predicted molar refractivity (Wildman–Crippen MR) is 56.1 cm³/mol. The second-order valence-electron chi connectivity index (χ2n) is 3.39. The molecule has 78 valence electrons. The van der Waals surface area contributed by atoms with Crippen LogP contribution in [-0.4, -0.2) is 22.3 Å². The lowest BCUT2D eigenvalue weighted by molar-refractivity contribution is -0.116. The Balaban J connectivity index is 2.55. The van der Waals surface area contributed by atoms with Crippen molar-refractivity contribution in [3.05, 3.63) is 30.4 Å². The summed E-state index contributed by atoms with van der Waals surface area (Å²) < 4.78 is 7.08. The van der Waals surface area contributed by atoms with Crippen LogP contribution >= 0.6 is 0 Å². The van der Waals surface area contributed by atoms with Gasteiger partial charge in [-0.15, -0.1) is 0 Å². The molecule has 0 spiro atoms. The second kappa shape index (κ2) is 3.73. The topological polar surface area (TPSA) is 43.6 Å². The van der Waals surface area contributed by atoms with E-state index in [2.05, 4.69) is 4.98 Å². The first-order chi connectivity index (χ1) is 7.22. The van der Waals surface area contributed by atoms with Crippen LogP contribution in [0.2, 0.25) is 0 Å². The van der Waals surface area contributed by atoms with E-state index < -0.39 is 0 Å². The van der Waals surface area contributed by atoms with Crippen LogP contribution in [0.1, 0.15) is 12.7 Å². The van der Waals surface area contributed by atoms with Gasteiger partial charge in [0, 0.05) is 6.20 Å². The number of nitrogens with zero attached hydrogens (tertiary/aromatic N) is 2. The van der Waals surface area contributed by atoms with Gasteiger partial charge in [-0.25, -0.2) is 4.98 Å². The predicted octanol–water partition coefficient (Wildman–Crippen LogP) is 1.47. The Labute approximate surface area is 87.5 Å². The molecule has 0 bridgehead atoms. The monoisotopic (exact) mass is 204 g/mol. The zero-order chi connectivity index (χ0) is 10.8. The Morgan fingerprint density at radius 1 is 1.60 bits per heavy atom. The van der Waals surface area contributed by atoms with Gasteiger partial charge in [0.15, 0.2) is 0 Å². The van der Waals surface area contributed by atoms with E-state index in [0.29, 0.717) is 6.42 Å². The summed E-state index contributed by atoms with van der Waals surface area (Å²) in [5.41, 5.74) is 0.885. The van der Waals surface area contributed by atoms with Crippen molar-refractivity contribution in [1.82, 2.24) is 9.38 Å². The van der Waals surface area contributed by atoms with E-state index in [-0.39, 0.29) is 5.78 Å². The lowest BCUT2D eigenvalue weighted by Crippen LogP contribution is -2.02. The Hall–Kier alpha value is -1.84. The first kappa shape index (κ1) is 9.71. The molecule has 0 saturated heterocycles. The van der Waals surface area contributed by atoms with Gasteiger partial charge in [-0.2, -0.15) is 0 Å². The van der Waals surface area contributed by atoms with Gasteiger partial charge < -0.3 is 9.14 Å². The number of pyridine rings is 1. The minimum Gasteiger partial charge on any atom is -0.494 e. The molecule has 0 radical (unpaired) electrons. The van der Waals surface area contributed by atoms with E-state index in [9.17, 15) is 4.79 Å². The number of carbonyl (C=O) groups is 1. The van der Waals surface area contributed by atoms with Crippen molar-refractivity contribution in [3.63, 3.8) is 0 Å². The fraction of sp³-hybridized carbons (Fsp3) is 0.273. The molecule has 2 rings (SSSR count). The number of ether oxygens (including phenoxy) is 1. The van der Waals surface area contributed by atoms with Gasteiger partial charge >= 0.3 is 0 Å². The standard InChI is InChI=1S/C11H12N2O2/c1-8(14)6-11-12-7-9-10(15-2)4-3-5-13(9)11/h3-5,7H,6H2,1-2H3. The lowest BCUT2D eigenvalue weighted by atomic mass is 10.3. The summed E-state index contributed by atoms with van der Waals surface area (Å²) in [4.78, 5) is 15.2. The van der Waals surface area contributed by atoms with Gasteiger partial charge in [0.05, 0.1) is 19.7 Å². The molecule has 4 nitrogen and oxygen atoms in total. The first-order valence-electron chi connectivity index (χ1n) is 4.70. The zero-order valence-corrected chi connectivity index (χ0v) is 8.73. The number of methoxy groups -OCH3 is 1. The summed E-state index contributed by atoms with van der Waals surface area (Å²) in [6, 6.07) is 3.74. The molecule has 2 aromatic rings. The fourth-order valence-corrected chi connectivity index (χ4v) is 1.58. The van der Waals surface area contributed by atoms with Crippen LogP contribution in [0, 0.1) is 0 Å². The maximum absolute atomic E-state index is 11.0. The number of hydrogen-bond donors (Lipinski definition) is 0. The highest BCUT2D eigenvalue weighted by molar-refractivity contribution is 5.77. The molecular weight excluding hydrogens is 192 g/mol. The Morgan fingerprint density at radius 2 is 2.40 bits per heavy atom. The van der Waals surface area contributed by atoms with Crippen molar-refractivity contribution in [2.75, 3.05) is 7.11 Å². The molecule has 2 heterocycles. The third-order valence-electron chi connectivity index (χ3n) is 2.24. The number of hydrogen-bond acceptors (Lipinski definition) is 3. The average molecular weight is 204 g/mol. The number of Topliss-reactive ketones (excluding diaryl/α,β-unsaturated/α-hetero) is 1.